The number of rotatable bonds is 6. The van der Waals surface area contributed by atoms with Gasteiger partial charge in [-0.2, -0.15) is 5.10 Å². The molecule has 0 aliphatic heterocycles. The van der Waals surface area contributed by atoms with Crippen molar-refractivity contribution in [2.75, 3.05) is 13.7 Å². The Morgan fingerprint density at radius 2 is 2.00 bits per heavy atom. The lowest BCUT2D eigenvalue weighted by Gasteiger charge is -2.08. The van der Waals surface area contributed by atoms with E-state index in [-0.39, 0.29) is 4.99 Å². The quantitative estimate of drug-likeness (QED) is 0.821. The number of thiocarbonyl (C=S) groups is 1. The monoisotopic (exact) mass is 289 g/mol. The second-order valence-electron chi connectivity index (χ2n) is 4.10. The predicted molar refractivity (Wildman–Crippen MR) is 80.0 cm³/mol. The van der Waals surface area contributed by atoms with Gasteiger partial charge in [-0.1, -0.05) is 24.4 Å². The number of hydrogen-bond acceptors (Lipinski definition) is 5. The summed E-state index contributed by atoms with van der Waals surface area (Å²) in [6.07, 6.45) is 2.38. The molecule has 0 saturated heterocycles. The number of aromatic nitrogens is 2. The molecular formula is C14H15N3O2S. The highest BCUT2D eigenvalue weighted by atomic mass is 32.1. The van der Waals surface area contributed by atoms with Crippen LogP contribution < -0.4 is 10.5 Å². The van der Waals surface area contributed by atoms with Crippen LogP contribution in [0, 0.1) is 0 Å². The van der Waals surface area contributed by atoms with Crippen LogP contribution in [0.5, 0.6) is 11.6 Å². The summed E-state index contributed by atoms with van der Waals surface area (Å²) in [4.78, 5) is 0.228. The Morgan fingerprint density at radius 3 is 2.65 bits per heavy atom. The van der Waals surface area contributed by atoms with Crippen LogP contribution in [0.1, 0.15) is 11.1 Å². The minimum Gasteiger partial charge on any atom is -0.437 e. The zero-order chi connectivity index (χ0) is 14.4. The summed E-state index contributed by atoms with van der Waals surface area (Å²) in [5.74, 6) is 0.966. The van der Waals surface area contributed by atoms with Gasteiger partial charge in [0.05, 0.1) is 18.4 Å². The molecule has 1 aromatic carbocycles. The van der Waals surface area contributed by atoms with Crippen LogP contribution in [-0.4, -0.2) is 28.9 Å². The summed E-state index contributed by atoms with van der Waals surface area (Å²) in [5.41, 5.74) is 7.36. The third-order valence-electron chi connectivity index (χ3n) is 2.69. The fourth-order valence-corrected chi connectivity index (χ4v) is 1.79. The molecule has 0 atom stereocenters. The molecule has 0 amide bonds. The normalized spacial score (nSPS) is 10.2. The van der Waals surface area contributed by atoms with Gasteiger partial charge in [0.2, 0.25) is 5.88 Å². The van der Waals surface area contributed by atoms with Gasteiger partial charge >= 0.3 is 0 Å². The van der Waals surface area contributed by atoms with Crippen LogP contribution in [0.3, 0.4) is 0 Å². The summed E-state index contributed by atoms with van der Waals surface area (Å²) in [6, 6.07) is 9.36. The minimum absolute atomic E-state index is 0.228. The highest BCUT2D eigenvalue weighted by molar-refractivity contribution is 7.80. The van der Waals surface area contributed by atoms with Crippen LogP contribution >= 0.6 is 12.2 Å². The molecule has 0 saturated carbocycles. The maximum absolute atomic E-state index is 5.66. The summed E-state index contributed by atoms with van der Waals surface area (Å²) < 4.78 is 10.7. The molecular weight excluding hydrogens is 274 g/mol. The molecule has 0 unspecified atom stereocenters. The van der Waals surface area contributed by atoms with Crippen molar-refractivity contribution in [1.29, 1.82) is 0 Å². The number of nitrogens with zero attached hydrogens (tertiary/aromatic N) is 2. The topological polar surface area (TPSA) is 70.3 Å². The van der Waals surface area contributed by atoms with E-state index >= 15 is 0 Å². The molecule has 2 N–H and O–H groups in total. The first-order chi connectivity index (χ1) is 9.70. The summed E-state index contributed by atoms with van der Waals surface area (Å²) >= 11 is 4.95. The lowest BCUT2D eigenvalue weighted by molar-refractivity contribution is 0.202. The van der Waals surface area contributed by atoms with E-state index in [0.29, 0.717) is 23.8 Å². The Morgan fingerprint density at radius 1 is 1.25 bits per heavy atom. The van der Waals surface area contributed by atoms with Gasteiger partial charge in [-0.15, -0.1) is 5.10 Å². The molecule has 2 rings (SSSR count). The van der Waals surface area contributed by atoms with Crippen LogP contribution in [0.25, 0.3) is 0 Å². The number of hydrogen-bond donors (Lipinski definition) is 1. The molecule has 1 aromatic heterocycles. The fraction of sp³-hybridized carbons (Fsp3) is 0.214. The lowest BCUT2D eigenvalue weighted by Crippen LogP contribution is -2.12. The van der Waals surface area contributed by atoms with Crippen molar-refractivity contribution in [3.05, 3.63) is 47.7 Å². The molecule has 2 aromatic rings. The van der Waals surface area contributed by atoms with Gasteiger partial charge in [-0.3, -0.25) is 0 Å². The third-order valence-corrected chi connectivity index (χ3v) is 2.90. The fourth-order valence-electron chi connectivity index (χ4n) is 1.64. The molecule has 0 spiro atoms. The van der Waals surface area contributed by atoms with Gasteiger partial charge in [0.25, 0.3) is 0 Å². The van der Waals surface area contributed by atoms with Gasteiger partial charge in [0.1, 0.15) is 10.7 Å². The van der Waals surface area contributed by atoms with E-state index in [1.807, 2.05) is 24.3 Å². The van der Waals surface area contributed by atoms with Gasteiger partial charge in [-0.25, -0.2) is 0 Å². The van der Waals surface area contributed by atoms with Crippen LogP contribution in [0.4, 0.5) is 0 Å². The second kappa shape index (κ2) is 6.93. The molecule has 0 radical (unpaired) electrons. The lowest BCUT2D eigenvalue weighted by atomic mass is 10.1. The summed E-state index contributed by atoms with van der Waals surface area (Å²) in [5, 5.41) is 7.68. The Hall–Kier alpha value is -2.05. The Kier molecular flexibility index (Phi) is 4.97. The first-order valence-corrected chi connectivity index (χ1v) is 6.48. The average molecular weight is 289 g/mol. The molecule has 104 valence electrons. The standard InChI is InChI=1S/C14H15N3O2S/c1-18-9-7-10-2-4-11(5-3-10)19-14-12(13(15)20)6-8-16-17-14/h2-6,8H,7,9H2,1H3,(H2,15,20). The molecule has 5 nitrogen and oxygen atoms in total. The molecule has 1 heterocycles. The van der Waals surface area contributed by atoms with Crippen LogP contribution in [-0.2, 0) is 11.2 Å². The van der Waals surface area contributed by atoms with E-state index in [4.69, 9.17) is 27.4 Å². The number of methoxy groups -OCH3 is 1. The van der Waals surface area contributed by atoms with Crippen LogP contribution in [0.15, 0.2) is 36.5 Å². The summed E-state index contributed by atoms with van der Waals surface area (Å²) in [6.45, 7) is 0.690. The maximum atomic E-state index is 5.66. The number of benzene rings is 1. The van der Waals surface area contributed by atoms with E-state index in [2.05, 4.69) is 10.2 Å². The van der Waals surface area contributed by atoms with Crippen molar-refractivity contribution in [2.45, 2.75) is 6.42 Å². The van der Waals surface area contributed by atoms with Crippen LogP contribution in [0.2, 0.25) is 0 Å². The zero-order valence-corrected chi connectivity index (χ0v) is 11.9. The Bertz CT molecular complexity index is 587. The maximum Gasteiger partial charge on any atom is 0.249 e. The van der Waals surface area contributed by atoms with E-state index in [9.17, 15) is 0 Å². The number of nitrogens with two attached hydrogens (primary N) is 1. The molecule has 0 aliphatic carbocycles. The van der Waals surface area contributed by atoms with Crippen molar-refractivity contribution < 1.29 is 9.47 Å². The van der Waals surface area contributed by atoms with Crippen molar-refractivity contribution in [3.63, 3.8) is 0 Å². The molecule has 0 fully saturated rings. The van der Waals surface area contributed by atoms with E-state index in [1.54, 1.807) is 13.2 Å². The summed E-state index contributed by atoms with van der Waals surface area (Å²) in [7, 11) is 1.68. The smallest absolute Gasteiger partial charge is 0.249 e. The highest BCUT2D eigenvalue weighted by Crippen LogP contribution is 2.22. The molecule has 0 bridgehead atoms. The largest absolute Gasteiger partial charge is 0.437 e. The average Bonchev–Trinajstić information content (AvgIpc) is 2.47. The zero-order valence-electron chi connectivity index (χ0n) is 11.1. The first-order valence-electron chi connectivity index (χ1n) is 6.08. The highest BCUT2D eigenvalue weighted by Gasteiger charge is 2.09. The van der Waals surface area contributed by atoms with Gasteiger partial charge in [0, 0.05) is 7.11 Å². The number of ether oxygens (including phenoxy) is 2. The van der Waals surface area contributed by atoms with Crippen molar-refractivity contribution in [1.82, 2.24) is 10.2 Å². The molecule has 20 heavy (non-hydrogen) atoms. The third kappa shape index (κ3) is 3.72. The Labute approximate surface area is 122 Å². The second-order valence-corrected chi connectivity index (χ2v) is 4.54. The van der Waals surface area contributed by atoms with Crippen molar-refractivity contribution in [3.8, 4) is 11.6 Å². The SMILES string of the molecule is COCCc1ccc(Oc2nnccc2C(N)=S)cc1. The molecule has 0 aliphatic rings. The van der Waals surface area contributed by atoms with E-state index in [1.165, 1.54) is 11.8 Å². The first kappa shape index (κ1) is 14.4. The van der Waals surface area contributed by atoms with Crippen molar-refractivity contribution in [2.24, 2.45) is 5.73 Å². The van der Waals surface area contributed by atoms with Crippen molar-refractivity contribution >= 4 is 17.2 Å². The van der Waals surface area contributed by atoms with E-state index in [0.717, 1.165) is 6.42 Å². The predicted octanol–water partition coefficient (Wildman–Crippen LogP) is 2.09. The molecule has 6 heteroatoms. The van der Waals surface area contributed by atoms with Gasteiger partial charge < -0.3 is 15.2 Å². The minimum atomic E-state index is 0.228. The van der Waals surface area contributed by atoms with Gasteiger partial charge in [-0.05, 0) is 30.2 Å². The van der Waals surface area contributed by atoms with E-state index < -0.39 is 0 Å². The Balaban J connectivity index is 2.12. The van der Waals surface area contributed by atoms with Gasteiger partial charge in [0.15, 0.2) is 0 Å².